The summed E-state index contributed by atoms with van der Waals surface area (Å²) in [7, 11) is 0. The highest BCUT2D eigenvalue weighted by molar-refractivity contribution is 5.11. The van der Waals surface area contributed by atoms with Gasteiger partial charge in [-0.2, -0.15) is 0 Å². The third-order valence-electron chi connectivity index (χ3n) is 2.91. The summed E-state index contributed by atoms with van der Waals surface area (Å²) in [5.41, 5.74) is 0.270. The molecule has 1 aromatic rings. The first-order chi connectivity index (χ1) is 8.15. The molecule has 0 aliphatic rings. The minimum absolute atomic E-state index is 0.193. The van der Waals surface area contributed by atoms with E-state index in [2.05, 4.69) is 18.0 Å². The zero-order valence-corrected chi connectivity index (χ0v) is 10.5. The minimum atomic E-state index is -0.659. The molecule has 0 bridgehead atoms. The summed E-state index contributed by atoms with van der Waals surface area (Å²) in [6, 6.07) is 3.42. The molecular formula is C14H21NO2. The molecule has 0 radical (unpaired) electrons. The molecule has 1 aromatic heterocycles. The highest BCUT2D eigenvalue weighted by atomic mass is 16.3. The average molecular weight is 235 g/mol. The van der Waals surface area contributed by atoms with Crippen LogP contribution >= 0.6 is 0 Å². The molecule has 17 heavy (non-hydrogen) atoms. The summed E-state index contributed by atoms with van der Waals surface area (Å²) in [6.07, 6.45) is 7.65. The van der Waals surface area contributed by atoms with Gasteiger partial charge >= 0.3 is 0 Å². The van der Waals surface area contributed by atoms with Crippen molar-refractivity contribution in [2.75, 3.05) is 0 Å². The van der Waals surface area contributed by atoms with Gasteiger partial charge in [-0.15, -0.1) is 0 Å². The monoisotopic (exact) mass is 235 g/mol. The number of aromatic amines is 1. The van der Waals surface area contributed by atoms with E-state index >= 15 is 0 Å². The number of pyridine rings is 1. The van der Waals surface area contributed by atoms with Crippen LogP contribution in [0.2, 0.25) is 0 Å². The van der Waals surface area contributed by atoms with Gasteiger partial charge in [0.05, 0.1) is 6.10 Å². The predicted molar refractivity (Wildman–Crippen MR) is 69.9 cm³/mol. The molecule has 2 N–H and O–H groups in total. The van der Waals surface area contributed by atoms with Crippen molar-refractivity contribution in [3.8, 4) is 0 Å². The quantitative estimate of drug-likeness (QED) is 0.745. The molecule has 1 heterocycles. The molecule has 0 aliphatic carbocycles. The lowest BCUT2D eigenvalue weighted by atomic mass is 9.97. The first-order valence-corrected chi connectivity index (χ1v) is 6.12. The molecule has 3 heteroatoms. The van der Waals surface area contributed by atoms with Gasteiger partial charge < -0.3 is 10.1 Å². The van der Waals surface area contributed by atoms with Crippen molar-refractivity contribution in [3.63, 3.8) is 0 Å². The van der Waals surface area contributed by atoms with Crippen LogP contribution < -0.4 is 5.56 Å². The predicted octanol–water partition coefficient (Wildman–Crippen LogP) is 2.79. The molecule has 0 aliphatic heterocycles. The van der Waals surface area contributed by atoms with Gasteiger partial charge in [-0.05, 0) is 44.2 Å². The summed E-state index contributed by atoms with van der Waals surface area (Å²) in [5.74, 6) is 0.531. The largest absolute Gasteiger partial charge is 0.388 e. The Hall–Kier alpha value is -1.35. The lowest BCUT2D eigenvalue weighted by molar-refractivity contribution is 0.156. The maximum absolute atomic E-state index is 11.5. The van der Waals surface area contributed by atoms with Gasteiger partial charge in [0.15, 0.2) is 0 Å². The van der Waals surface area contributed by atoms with Crippen molar-refractivity contribution in [1.82, 2.24) is 4.98 Å². The standard InChI is InChI=1S/C14H21NO2/c1-3-4-6-11(2)8-9-13(16)12-7-5-10-15-14(12)17/h3-5,7,10-11,13,16H,6,8-9H2,1-2H3,(H,15,17)/b4-3+. The van der Waals surface area contributed by atoms with Crippen LogP contribution in [0.3, 0.4) is 0 Å². The van der Waals surface area contributed by atoms with E-state index in [0.29, 0.717) is 17.9 Å². The van der Waals surface area contributed by atoms with E-state index in [1.165, 1.54) is 0 Å². The zero-order valence-electron chi connectivity index (χ0n) is 10.5. The molecule has 0 fully saturated rings. The van der Waals surface area contributed by atoms with Crippen LogP contribution in [-0.2, 0) is 0 Å². The Bertz CT molecular complexity index is 409. The number of allylic oxidation sites excluding steroid dienone is 2. The third kappa shape index (κ3) is 4.57. The Labute approximate surface area is 102 Å². The van der Waals surface area contributed by atoms with E-state index in [-0.39, 0.29) is 5.56 Å². The Balaban J connectivity index is 2.47. The van der Waals surface area contributed by atoms with Crippen LogP contribution in [0.4, 0.5) is 0 Å². The van der Waals surface area contributed by atoms with E-state index in [9.17, 15) is 9.90 Å². The van der Waals surface area contributed by atoms with Gasteiger partial charge in [0.25, 0.3) is 5.56 Å². The Kier molecular flexibility index (Phi) is 5.70. The smallest absolute Gasteiger partial charge is 0.253 e. The van der Waals surface area contributed by atoms with Gasteiger partial charge in [0, 0.05) is 11.8 Å². The second kappa shape index (κ2) is 7.07. The topological polar surface area (TPSA) is 53.1 Å². The van der Waals surface area contributed by atoms with Gasteiger partial charge in [-0.1, -0.05) is 19.1 Å². The van der Waals surface area contributed by atoms with E-state index in [1.54, 1.807) is 18.3 Å². The molecule has 0 saturated heterocycles. The lowest BCUT2D eigenvalue weighted by Gasteiger charge is -2.13. The summed E-state index contributed by atoms with van der Waals surface area (Å²) in [6.45, 7) is 4.16. The van der Waals surface area contributed by atoms with Crippen LogP contribution in [0.5, 0.6) is 0 Å². The van der Waals surface area contributed by atoms with Crippen LogP contribution in [0.1, 0.15) is 44.8 Å². The van der Waals surface area contributed by atoms with Crippen molar-refractivity contribution in [3.05, 3.63) is 46.4 Å². The molecular weight excluding hydrogens is 214 g/mol. The molecule has 0 saturated carbocycles. The van der Waals surface area contributed by atoms with Crippen LogP contribution in [-0.4, -0.2) is 10.1 Å². The third-order valence-corrected chi connectivity index (χ3v) is 2.91. The van der Waals surface area contributed by atoms with Crippen LogP contribution in [0.25, 0.3) is 0 Å². The van der Waals surface area contributed by atoms with Gasteiger partial charge in [-0.3, -0.25) is 4.79 Å². The number of rotatable bonds is 6. The number of aliphatic hydroxyl groups is 1. The fraction of sp³-hybridized carbons (Fsp3) is 0.500. The molecule has 3 nitrogen and oxygen atoms in total. The normalized spacial score (nSPS) is 15.0. The maximum Gasteiger partial charge on any atom is 0.253 e. The van der Waals surface area contributed by atoms with Crippen LogP contribution in [0.15, 0.2) is 35.3 Å². The minimum Gasteiger partial charge on any atom is -0.388 e. The maximum atomic E-state index is 11.5. The SMILES string of the molecule is C/C=C/CC(C)CCC(O)c1ccc[nH]c1=O. The van der Waals surface area contributed by atoms with E-state index in [1.807, 2.05) is 13.0 Å². The first kappa shape index (κ1) is 13.7. The molecule has 0 amide bonds. The van der Waals surface area contributed by atoms with E-state index in [4.69, 9.17) is 0 Å². The number of nitrogens with one attached hydrogen (secondary N) is 1. The van der Waals surface area contributed by atoms with E-state index in [0.717, 1.165) is 12.8 Å². The van der Waals surface area contributed by atoms with Crippen molar-refractivity contribution >= 4 is 0 Å². The summed E-state index contributed by atoms with van der Waals surface area (Å²) in [5, 5.41) is 9.94. The van der Waals surface area contributed by atoms with Crippen molar-refractivity contribution in [2.24, 2.45) is 5.92 Å². The Morgan fingerprint density at radius 2 is 2.24 bits per heavy atom. The highest BCUT2D eigenvalue weighted by Crippen LogP contribution is 2.19. The number of hydrogen-bond acceptors (Lipinski definition) is 2. The van der Waals surface area contributed by atoms with E-state index < -0.39 is 6.10 Å². The summed E-state index contributed by atoms with van der Waals surface area (Å²) >= 11 is 0. The van der Waals surface area contributed by atoms with Gasteiger partial charge in [0.1, 0.15) is 0 Å². The Morgan fingerprint density at radius 1 is 1.47 bits per heavy atom. The molecule has 2 unspecified atom stereocenters. The van der Waals surface area contributed by atoms with Crippen molar-refractivity contribution in [2.45, 2.75) is 39.2 Å². The Morgan fingerprint density at radius 3 is 2.88 bits per heavy atom. The van der Waals surface area contributed by atoms with Gasteiger partial charge in [-0.25, -0.2) is 0 Å². The number of aromatic nitrogens is 1. The number of aliphatic hydroxyl groups excluding tert-OH is 1. The molecule has 2 atom stereocenters. The first-order valence-electron chi connectivity index (χ1n) is 6.12. The molecule has 0 aromatic carbocycles. The fourth-order valence-corrected chi connectivity index (χ4v) is 1.78. The van der Waals surface area contributed by atoms with Crippen LogP contribution in [0, 0.1) is 5.92 Å². The fourth-order valence-electron chi connectivity index (χ4n) is 1.78. The second-order valence-electron chi connectivity index (χ2n) is 4.46. The highest BCUT2D eigenvalue weighted by Gasteiger charge is 2.12. The zero-order chi connectivity index (χ0) is 12.7. The molecule has 1 rings (SSSR count). The summed E-state index contributed by atoms with van der Waals surface area (Å²) < 4.78 is 0. The average Bonchev–Trinajstić information content (AvgIpc) is 2.34. The molecule has 94 valence electrons. The number of H-pyrrole nitrogens is 1. The summed E-state index contributed by atoms with van der Waals surface area (Å²) in [4.78, 5) is 14.0. The lowest BCUT2D eigenvalue weighted by Crippen LogP contribution is -2.15. The van der Waals surface area contributed by atoms with Crippen molar-refractivity contribution < 1.29 is 5.11 Å². The number of hydrogen-bond donors (Lipinski definition) is 2. The van der Waals surface area contributed by atoms with Gasteiger partial charge in [0.2, 0.25) is 0 Å². The second-order valence-corrected chi connectivity index (χ2v) is 4.46. The molecule has 0 spiro atoms. The van der Waals surface area contributed by atoms with Crippen molar-refractivity contribution in [1.29, 1.82) is 0 Å².